The van der Waals surface area contributed by atoms with Gasteiger partial charge in [0.15, 0.2) is 0 Å². The van der Waals surface area contributed by atoms with Gasteiger partial charge in [0.1, 0.15) is 0 Å². The molecular formula is C16H31NS. The summed E-state index contributed by atoms with van der Waals surface area (Å²) in [5.74, 6) is 4.13. The van der Waals surface area contributed by atoms with Gasteiger partial charge in [0.05, 0.1) is 0 Å². The van der Waals surface area contributed by atoms with E-state index in [1.807, 2.05) is 0 Å². The Labute approximate surface area is 118 Å². The van der Waals surface area contributed by atoms with Crippen LogP contribution >= 0.6 is 11.8 Å². The third kappa shape index (κ3) is 3.25. The van der Waals surface area contributed by atoms with Crippen molar-refractivity contribution in [3.8, 4) is 0 Å². The van der Waals surface area contributed by atoms with Crippen molar-refractivity contribution in [1.29, 1.82) is 0 Å². The molecule has 2 heteroatoms. The van der Waals surface area contributed by atoms with Gasteiger partial charge in [-0.2, -0.15) is 11.8 Å². The molecule has 1 aliphatic heterocycles. The molecule has 1 aliphatic carbocycles. The van der Waals surface area contributed by atoms with Crippen molar-refractivity contribution >= 4 is 11.8 Å². The predicted molar refractivity (Wildman–Crippen MR) is 83.2 cm³/mol. The fourth-order valence-corrected chi connectivity index (χ4v) is 5.93. The lowest BCUT2D eigenvalue weighted by atomic mass is 9.70. The normalized spacial score (nSPS) is 43.0. The van der Waals surface area contributed by atoms with E-state index >= 15 is 0 Å². The zero-order valence-corrected chi connectivity index (χ0v) is 13.5. The zero-order valence-electron chi connectivity index (χ0n) is 12.7. The van der Waals surface area contributed by atoms with Gasteiger partial charge in [0.2, 0.25) is 0 Å². The van der Waals surface area contributed by atoms with Crippen molar-refractivity contribution in [2.45, 2.75) is 70.6 Å². The highest BCUT2D eigenvalue weighted by Gasteiger charge is 2.43. The molecular weight excluding hydrogens is 238 g/mol. The van der Waals surface area contributed by atoms with Gasteiger partial charge in [-0.25, -0.2) is 0 Å². The number of hydrogen-bond donors (Lipinski definition) is 1. The van der Waals surface area contributed by atoms with E-state index < -0.39 is 0 Å². The average Bonchev–Trinajstić information content (AvgIpc) is 2.72. The highest BCUT2D eigenvalue weighted by Crippen LogP contribution is 2.46. The maximum atomic E-state index is 3.86. The summed E-state index contributed by atoms with van der Waals surface area (Å²) in [7, 11) is 0. The Bertz CT molecular complexity index is 250. The Hall–Kier alpha value is 0.310. The third-order valence-electron chi connectivity index (χ3n) is 5.02. The Morgan fingerprint density at radius 3 is 2.39 bits per heavy atom. The van der Waals surface area contributed by atoms with Crippen molar-refractivity contribution in [3.63, 3.8) is 0 Å². The van der Waals surface area contributed by atoms with E-state index in [9.17, 15) is 0 Å². The van der Waals surface area contributed by atoms with E-state index in [1.54, 1.807) is 0 Å². The maximum absolute atomic E-state index is 3.86. The quantitative estimate of drug-likeness (QED) is 0.815. The van der Waals surface area contributed by atoms with E-state index in [2.05, 4.69) is 44.8 Å². The van der Waals surface area contributed by atoms with Crippen LogP contribution in [0.5, 0.6) is 0 Å². The number of nitrogens with one attached hydrogen (secondary N) is 1. The molecule has 0 aromatic carbocycles. The molecule has 0 amide bonds. The van der Waals surface area contributed by atoms with Crippen LogP contribution in [0.25, 0.3) is 0 Å². The van der Waals surface area contributed by atoms with E-state index in [0.29, 0.717) is 4.75 Å². The highest BCUT2D eigenvalue weighted by molar-refractivity contribution is 8.00. The molecule has 2 aliphatic rings. The molecule has 1 saturated heterocycles. The third-order valence-corrected chi connectivity index (χ3v) is 6.63. The van der Waals surface area contributed by atoms with Crippen LogP contribution in [0.15, 0.2) is 0 Å². The molecule has 2 fully saturated rings. The molecule has 0 radical (unpaired) electrons. The van der Waals surface area contributed by atoms with Crippen LogP contribution in [0, 0.1) is 17.8 Å². The molecule has 18 heavy (non-hydrogen) atoms. The van der Waals surface area contributed by atoms with Gasteiger partial charge >= 0.3 is 0 Å². The highest BCUT2D eigenvalue weighted by atomic mass is 32.2. The maximum Gasteiger partial charge on any atom is 0.0287 e. The molecule has 2 rings (SSSR count). The van der Waals surface area contributed by atoms with E-state index in [0.717, 1.165) is 30.3 Å². The molecule has 0 bridgehead atoms. The van der Waals surface area contributed by atoms with E-state index in [4.69, 9.17) is 0 Å². The van der Waals surface area contributed by atoms with Crippen molar-refractivity contribution in [2.75, 3.05) is 12.3 Å². The molecule has 4 atom stereocenters. The van der Waals surface area contributed by atoms with Gasteiger partial charge in [-0.1, -0.05) is 20.8 Å². The Morgan fingerprint density at radius 2 is 1.89 bits per heavy atom. The summed E-state index contributed by atoms with van der Waals surface area (Å²) in [6, 6.07) is 0.736. The topological polar surface area (TPSA) is 12.0 Å². The second-order valence-electron chi connectivity index (χ2n) is 6.98. The van der Waals surface area contributed by atoms with Gasteiger partial charge in [0, 0.05) is 10.8 Å². The molecule has 0 aromatic rings. The van der Waals surface area contributed by atoms with Crippen LogP contribution in [0.4, 0.5) is 0 Å². The zero-order chi connectivity index (χ0) is 13.2. The average molecular weight is 269 g/mol. The van der Waals surface area contributed by atoms with Gasteiger partial charge in [-0.05, 0) is 69.1 Å². The fourth-order valence-electron chi connectivity index (χ4n) is 4.43. The summed E-state index contributed by atoms with van der Waals surface area (Å²) in [5.41, 5.74) is 0. The predicted octanol–water partition coefficient (Wildman–Crippen LogP) is 4.32. The van der Waals surface area contributed by atoms with Gasteiger partial charge in [-0.3, -0.25) is 0 Å². The Balaban J connectivity index is 2.08. The number of rotatable bonds is 4. The lowest BCUT2D eigenvalue weighted by Crippen LogP contribution is -2.51. The van der Waals surface area contributed by atoms with E-state index in [-0.39, 0.29) is 0 Å². The SMILES string of the molecule is CCNC(C1CC(C)CC(C)C1)C1(C)CCCS1. The van der Waals surface area contributed by atoms with Gasteiger partial charge < -0.3 is 5.32 Å². The first-order valence-electron chi connectivity index (χ1n) is 7.92. The summed E-state index contributed by atoms with van der Waals surface area (Å²) < 4.78 is 0.497. The van der Waals surface area contributed by atoms with Crippen molar-refractivity contribution < 1.29 is 0 Å². The monoisotopic (exact) mass is 269 g/mol. The molecule has 106 valence electrons. The van der Waals surface area contributed by atoms with Crippen LogP contribution in [0.1, 0.15) is 59.8 Å². The van der Waals surface area contributed by atoms with Gasteiger partial charge in [-0.15, -0.1) is 0 Å². The van der Waals surface area contributed by atoms with E-state index in [1.165, 1.54) is 37.9 Å². The lowest BCUT2D eigenvalue weighted by Gasteiger charge is -2.44. The van der Waals surface area contributed by atoms with Crippen LogP contribution in [0.3, 0.4) is 0 Å². The summed E-state index contributed by atoms with van der Waals surface area (Å²) in [6.07, 6.45) is 7.16. The largest absolute Gasteiger partial charge is 0.313 e. The Morgan fingerprint density at radius 1 is 1.22 bits per heavy atom. The van der Waals surface area contributed by atoms with Crippen LogP contribution in [-0.2, 0) is 0 Å². The molecule has 1 N–H and O–H groups in total. The molecule has 0 spiro atoms. The first-order valence-corrected chi connectivity index (χ1v) is 8.91. The number of thioether (sulfide) groups is 1. The second kappa shape index (κ2) is 6.17. The van der Waals surface area contributed by atoms with Crippen LogP contribution < -0.4 is 5.32 Å². The summed E-state index contributed by atoms with van der Waals surface area (Å²) in [6.45, 7) is 10.8. The molecule has 4 unspecified atom stereocenters. The lowest BCUT2D eigenvalue weighted by molar-refractivity contribution is 0.157. The molecule has 1 saturated carbocycles. The first kappa shape index (κ1) is 14.7. The van der Waals surface area contributed by atoms with Crippen molar-refractivity contribution in [2.24, 2.45) is 17.8 Å². The minimum atomic E-state index is 0.497. The first-order chi connectivity index (χ1) is 8.55. The standard InChI is InChI=1S/C16H31NS/c1-5-17-15(16(4)7-6-8-18-16)14-10-12(2)9-13(3)11-14/h12-15,17H,5-11H2,1-4H3. The van der Waals surface area contributed by atoms with Crippen LogP contribution in [0.2, 0.25) is 0 Å². The minimum Gasteiger partial charge on any atom is -0.313 e. The summed E-state index contributed by atoms with van der Waals surface area (Å²) >= 11 is 2.23. The Kier molecular flexibility index (Phi) is 5.05. The number of hydrogen-bond acceptors (Lipinski definition) is 2. The smallest absolute Gasteiger partial charge is 0.0287 e. The molecule has 1 nitrogen and oxygen atoms in total. The second-order valence-corrected chi connectivity index (χ2v) is 8.61. The fraction of sp³-hybridized carbons (Fsp3) is 1.00. The summed E-state index contributed by atoms with van der Waals surface area (Å²) in [4.78, 5) is 0. The summed E-state index contributed by atoms with van der Waals surface area (Å²) in [5, 5.41) is 3.86. The minimum absolute atomic E-state index is 0.497. The van der Waals surface area contributed by atoms with Crippen molar-refractivity contribution in [3.05, 3.63) is 0 Å². The van der Waals surface area contributed by atoms with Crippen molar-refractivity contribution in [1.82, 2.24) is 5.32 Å². The molecule has 1 heterocycles. The molecule has 0 aromatic heterocycles. The van der Waals surface area contributed by atoms with Gasteiger partial charge in [0.25, 0.3) is 0 Å². The van der Waals surface area contributed by atoms with Crippen LogP contribution in [-0.4, -0.2) is 23.1 Å².